The van der Waals surface area contributed by atoms with E-state index in [0.717, 1.165) is 16.4 Å². The summed E-state index contributed by atoms with van der Waals surface area (Å²) in [6, 6.07) is 0. The second-order valence-corrected chi connectivity index (χ2v) is 3.88. The normalized spacial score (nSPS) is 10.6. The van der Waals surface area contributed by atoms with Crippen molar-refractivity contribution in [3.05, 3.63) is 16.1 Å². The second kappa shape index (κ2) is 3.64. The number of nitrogens with two attached hydrogens (primary N) is 1. The Hall–Kier alpha value is -0.940. The van der Waals surface area contributed by atoms with Gasteiger partial charge in [-0.2, -0.15) is 0 Å². The molecular weight excluding hydrogens is 172 g/mol. The van der Waals surface area contributed by atoms with Crippen molar-refractivity contribution in [3.8, 4) is 0 Å². The first-order valence-corrected chi connectivity index (χ1v) is 4.35. The van der Waals surface area contributed by atoms with Crippen molar-refractivity contribution in [2.75, 3.05) is 14.1 Å². The minimum absolute atomic E-state index is 0.0949. The van der Waals surface area contributed by atoms with E-state index in [-0.39, 0.29) is 5.84 Å². The molecule has 1 aromatic rings. The predicted octanol–water partition coefficient (Wildman–Crippen LogP) is 0.489. The summed E-state index contributed by atoms with van der Waals surface area (Å²) in [7, 11) is 3.96. The van der Waals surface area contributed by atoms with Crippen molar-refractivity contribution >= 4 is 17.2 Å². The molecule has 0 saturated carbocycles. The van der Waals surface area contributed by atoms with E-state index in [0.29, 0.717) is 0 Å². The van der Waals surface area contributed by atoms with Gasteiger partial charge in [-0.05, 0) is 14.1 Å². The summed E-state index contributed by atoms with van der Waals surface area (Å²) in [6.07, 6.45) is 1.64. The fourth-order valence-electron chi connectivity index (χ4n) is 0.778. The quantitative estimate of drug-likeness (QED) is 0.530. The maximum absolute atomic E-state index is 7.17. The molecule has 0 radical (unpaired) electrons. The first-order chi connectivity index (χ1) is 5.59. The number of hydrogen-bond acceptors (Lipinski definition) is 4. The number of thiazole rings is 1. The topological polar surface area (TPSA) is 66.0 Å². The molecule has 0 aliphatic heterocycles. The van der Waals surface area contributed by atoms with Gasteiger partial charge in [0.2, 0.25) is 0 Å². The van der Waals surface area contributed by atoms with E-state index in [1.165, 1.54) is 11.3 Å². The fraction of sp³-hybridized carbons (Fsp3) is 0.429. The highest BCUT2D eigenvalue weighted by Crippen LogP contribution is 2.12. The molecule has 0 fully saturated rings. The lowest BCUT2D eigenvalue weighted by Gasteiger charge is -2.04. The van der Waals surface area contributed by atoms with Crippen LogP contribution in [0.3, 0.4) is 0 Å². The molecule has 1 heterocycles. The van der Waals surface area contributed by atoms with Gasteiger partial charge in [0, 0.05) is 12.7 Å². The highest BCUT2D eigenvalue weighted by molar-refractivity contribution is 7.13. The lowest BCUT2D eigenvalue weighted by Crippen LogP contribution is -2.10. The molecule has 4 nitrogen and oxygen atoms in total. The van der Waals surface area contributed by atoms with Crippen molar-refractivity contribution in [1.82, 2.24) is 9.88 Å². The van der Waals surface area contributed by atoms with Gasteiger partial charge in [-0.25, -0.2) is 4.98 Å². The van der Waals surface area contributed by atoms with Gasteiger partial charge in [-0.1, -0.05) is 0 Å². The highest BCUT2D eigenvalue weighted by Gasteiger charge is 2.04. The number of hydrogen-bond donors (Lipinski definition) is 2. The van der Waals surface area contributed by atoms with E-state index in [1.54, 1.807) is 6.20 Å². The molecule has 0 spiro atoms. The molecule has 0 amide bonds. The Kier molecular flexibility index (Phi) is 2.78. The van der Waals surface area contributed by atoms with Gasteiger partial charge in [0.05, 0.1) is 4.88 Å². The minimum atomic E-state index is 0.0949. The van der Waals surface area contributed by atoms with Gasteiger partial charge in [-0.15, -0.1) is 11.3 Å². The van der Waals surface area contributed by atoms with Crippen molar-refractivity contribution < 1.29 is 0 Å². The van der Waals surface area contributed by atoms with Gasteiger partial charge in [0.1, 0.15) is 10.8 Å². The number of nitrogens with one attached hydrogen (secondary N) is 1. The third kappa shape index (κ3) is 2.28. The highest BCUT2D eigenvalue weighted by atomic mass is 32.1. The Morgan fingerprint density at radius 1 is 1.75 bits per heavy atom. The van der Waals surface area contributed by atoms with Crippen LogP contribution in [0.4, 0.5) is 0 Å². The average Bonchev–Trinajstić information content (AvgIpc) is 2.34. The van der Waals surface area contributed by atoms with Gasteiger partial charge in [0.15, 0.2) is 0 Å². The fourth-order valence-corrected chi connectivity index (χ4v) is 1.68. The molecule has 1 rings (SSSR count). The smallest absolute Gasteiger partial charge is 0.134 e. The number of aromatic nitrogens is 1. The number of nitrogen functional groups attached to an aromatic ring is 1. The molecule has 0 saturated heterocycles. The Bertz CT molecular complexity index is 279. The molecule has 5 heteroatoms. The summed E-state index contributed by atoms with van der Waals surface area (Å²) in [5, 5.41) is 8.16. The Balaban J connectivity index is 2.71. The van der Waals surface area contributed by atoms with Crippen LogP contribution in [0.5, 0.6) is 0 Å². The first kappa shape index (κ1) is 9.15. The Morgan fingerprint density at radius 2 is 2.42 bits per heavy atom. The van der Waals surface area contributed by atoms with E-state index in [2.05, 4.69) is 4.98 Å². The second-order valence-electron chi connectivity index (χ2n) is 2.77. The van der Waals surface area contributed by atoms with E-state index in [4.69, 9.17) is 11.1 Å². The number of rotatable bonds is 3. The molecule has 0 aliphatic carbocycles. The lowest BCUT2D eigenvalue weighted by molar-refractivity contribution is 0.401. The molecule has 1 aromatic heterocycles. The zero-order chi connectivity index (χ0) is 9.14. The minimum Gasteiger partial charge on any atom is -0.383 e. The van der Waals surface area contributed by atoms with Crippen LogP contribution in [0.2, 0.25) is 0 Å². The van der Waals surface area contributed by atoms with Crippen molar-refractivity contribution in [3.63, 3.8) is 0 Å². The molecule has 12 heavy (non-hydrogen) atoms. The summed E-state index contributed by atoms with van der Waals surface area (Å²) in [4.78, 5) is 6.91. The standard InChI is InChI=1S/C7H12N4S/c1-11(2)4-6-10-3-5(12-6)7(8)9/h3H,4H2,1-2H3,(H3,8,9). The van der Waals surface area contributed by atoms with Gasteiger partial charge in [-0.3, -0.25) is 5.41 Å². The zero-order valence-corrected chi connectivity index (χ0v) is 7.98. The van der Waals surface area contributed by atoms with Crippen LogP contribution >= 0.6 is 11.3 Å². The number of amidine groups is 1. The van der Waals surface area contributed by atoms with Crippen molar-refractivity contribution in [1.29, 1.82) is 5.41 Å². The van der Waals surface area contributed by atoms with Crippen LogP contribution in [0.15, 0.2) is 6.20 Å². The van der Waals surface area contributed by atoms with Crippen LogP contribution in [0.1, 0.15) is 9.88 Å². The molecule has 3 N–H and O–H groups in total. The van der Waals surface area contributed by atoms with Crippen LogP contribution in [-0.4, -0.2) is 29.8 Å². The number of nitrogens with zero attached hydrogens (tertiary/aromatic N) is 2. The van der Waals surface area contributed by atoms with Gasteiger partial charge < -0.3 is 10.6 Å². The Morgan fingerprint density at radius 3 is 2.83 bits per heavy atom. The maximum Gasteiger partial charge on any atom is 0.134 e. The zero-order valence-electron chi connectivity index (χ0n) is 7.16. The van der Waals surface area contributed by atoms with Crippen LogP contribution in [-0.2, 0) is 6.54 Å². The molecule has 0 unspecified atom stereocenters. The van der Waals surface area contributed by atoms with E-state index in [9.17, 15) is 0 Å². The maximum atomic E-state index is 7.17. The van der Waals surface area contributed by atoms with Crippen molar-refractivity contribution in [2.45, 2.75) is 6.54 Å². The van der Waals surface area contributed by atoms with Crippen LogP contribution in [0, 0.1) is 5.41 Å². The molecule has 0 aliphatic rings. The summed E-state index contributed by atoms with van der Waals surface area (Å²) < 4.78 is 0. The lowest BCUT2D eigenvalue weighted by atomic mass is 10.5. The SMILES string of the molecule is CN(C)Cc1ncc(C(=N)N)s1. The molecule has 0 bridgehead atoms. The molecule has 0 aromatic carbocycles. The van der Waals surface area contributed by atoms with Gasteiger partial charge >= 0.3 is 0 Å². The largest absolute Gasteiger partial charge is 0.383 e. The van der Waals surface area contributed by atoms with Crippen LogP contribution < -0.4 is 5.73 Å². The Labute approximate surface area is 75.5 Å². The summed E-state index contributed by atoms with van der Waals surface area (Å²) in [5.41, 5.74) is 5.30. The van der Waals surface area contributed by atoms with Crippen LogP contribution in [0.25, 0.3) is 0 Å². The molecular formula is C7H12N4S. The summed E-state index contributed by atoms with van der Waals surface area (Å²) >= 11 is 1.47. The molecule has 0 atom stereocenters. The van der Waals surface area contributed by atoms with E-state index in [1.807, 2.05) is 19.0 Å². The molecule has 66 valence electrons. The van der Waals surface area contributed by atoms with E-state index < -0.39 is 0 Å². The predicted molar refractivity (Wildman–Crippen MR) is 50.5 cm³/mol. The van der Waals surface area contributed by atoms with E-state index >= 15 is 0 Å². The third-order valence-electron chi connectivity index (χ3n) is 1.27. The summed E-state index contributed by atoms with van der Waals surface area (Å²) in [5.74, 6) is 0.0949. The monoisotopic (exact) mass is 184 g/mol. The summed E-state index contributed by atoms with van der Waals surface area (Å²) in [6.45, 7) is 0.804. The van der Waals surface area contributed by atoms with Gasteiger partial charge in [0.25, 0.3) is 0 Å². The third-order valence-corrected chi connectivity index (χ3v) is 2.29. The first-order valence-electron chi connectivity index (χ1n) is 3.53. The van der Waals surface area contributed by atoms with Crippen molar-refractivity contribution in [2.24, 2.45) is 5.73 Å². The average molecular weight is 184 g/mol.